The number of benzene rings is 1. The Labute approximate surface area is 113 Å². The van der Waals surface area contributed by atoms with E-state index in [1.807, 2.05) is 23.5 Å². The second-order valence-corrected chi connectivity index (χ2v) is 6.79. The Balaban J connectivity index is 1.58. The van der Waals surface area contributed by atoms with E-state index in [1.54, 1.807) is 0 Å². The van der Waals surface area contributed by atoms with Crippen molar-refractivity contribution in [1.82, 2.24) is 5.32 Å². The van der Waals surface area contributed by atoms with Gasteiger partial charge in [-0.05, 0) is 37.7 Å². The summed E-state index contributed by atoms with van der Waals surface area (Å²) in [7, 11) is 0. The lowest BCUT2D eigenvalue weighted by Crippen LogP contribution is -2.28. The van der Waals surface area contributed by atoms with E-state index in [4.69, 9.17) is 0 Å². The zero-order valence-electron chi connectivity index (χ0n) is 10.4. The van der Waals surface area contributed by atoms with Crippen molar-refractivity contribution in [1.29, 1.82) is 0 Å². The van der Waals surface area contributed by atoms with Crippen LogP contribution in [0.15, 0.2) is 35.2 Å². The first-order valence-corrected chi connectivity index (χ1v) is 8.60. The minimum atomic E-state index is 0.767. The second kappa shape index (κ2) is 7.34. The Hall–Kier alpha value is -0.120. The second-order valence-electron chi connectivity index (χ2n) is 4.48. The number of thioether (sulfide) groups is 2. The Morgan fingerprint density at radius 1 is 1.24 bits per heavy atom. The lowest BCUT2D eigenvalue weighted by atomic mass is 10.2. The summed E-state index contributed by atoms with van der Waals surface area (Å²) >= 11 is 3.97. The van der Waals surface area contributed by atoms with Crippen molar-refractivity contribution in [3.63, 3.8) is 0 Å². The predicted molar refractivity (Wildman–Crippen MR) is 80.1 cm³/mol. The van der Waals surface area contributed by atoms with Crippen LogP contribution in [-0.2, 0) is 0 Å². The van der Waals surface area contributed by atoms with E-state index in [0.29, 0.717) is 0 Å². The largest absolute Gasteiger partial charge is 0.313 e. The molecule has 1 nitrogen and oxygen atoms in total. The van der Waals surface area contributed by atoms with Gasteiger partial charge in [-0.15, -0.1) is 11.8 Å². The fourth-order valence-corrected chi connectivity index (χ4v) is 3.89. The van der Waals surface area contributed by atoms with Crippen LogP contribution in [0.2, 0.25) is 0 Å². The van der Waals surface area contributed by atoms with Crippen LogP contribution < -0.4 is 5.32 Å². The van der Waals surface area contributed by atoms with Gasteiger partial charge in [0.15, 0.2) is 0 Å². The minimum absolute atomic E-state index is 0.767. The van der Waals surface area contributed by atoms with Crippen LogP contribution in [-0.4, -0.2) is 29.8 Å². The topological polar surface area (TPSA) is 12.0 Å². The maximum absolute atomic E-state index is 3.68. The molecule has 2 unspecified atom stereocenters. The fraction of sp³-hybridized carbons (Fsp3) is 0.571. The third-order valence-corrected chi connectivity index (χ3v) is 5.37. The van der Waals surface area contributed by atoms with Crippen LogP contribution in [0.25, 0.3) is 0 Å². The molecule has 1 saturated carbocycles. The van der Waals surface area contributed by atoms with E-state index in [9.17, 15) is 0 Å². The molecule has 1 aromatic carbocycles. The number of hydrogen-bond acceptors (Lipinski definition) is 3. The van der Waals surface area contributed by atoms with Gasteiger partial charge in [-0.25, -0.2) is 0 Å². The molecule has 2 rings (SSSR count). The highest BCUT2D eigenvalue weighted by Crippen LogP contribution is 2.28. The molecule has 94 valence electrons. The van der Waals surface area contributed by atoms with Gasteiger partial charge in [-0.3, -0.25) is 0 Å². The van der Waals surface area contributed by atoms with E-state index in [2.05, 4.69) is 41.9 Å². The maximum Gasteiger partial charge on any atom is 0.0106 e. The molecule has 3 heteroatoms. The van der Waals surface area contributed by atoms with Gasteiger partial charge < -0.3 is 5.32 Å². The molecule has 0 heterocycles. The molecule has 0 radical (unpaired) electrons. The van der Waals surface area contributed by atoms with Gasteiger partial charge in [0, 0.05) is 28.5 Å². The highest BCUT2D eigenvalue weighted by atomic mass is 32.2. The first-order chi connectivity index (χ1) is 8.38. The van der Waals surface area contributed by atoms with Crippen molar-refractivity contribution in [3.8, 4) is 0 Å². The standard InChI is InChI=1S/C14H21NS2/c1-16-14-8-7-12(11-14)15-9-10-17-13-5-3-2-4-6-13/h2-6,12,14-15H,7-11H2,1H3. The molecule has 1 aliphatic rings. The van der Waals surface area contributed by atoms with Gasteiger partial charge >= 0.3 is 0 Å². The molecule has 1 aliphatic carbocycles. The molecule has 0 aliphatic heterocycles. The van der Waals surface area contributed by atoms with Crippen molar-refractivity contribution in [2.24, 2.45) is 0 Å². The van der Waals surface area contributed by atoms with Crippen LogP contribution in [0.4, 0.5) is 0 Å². The molecule has 1 fully saturated rings. The van der Waals surface area contributed by atoms with Crippen LogP contribution >= 0.6 is 23.5 Å². The summed E-state index contributed by atoms with van der Waals surface area (Å²) in [6.45, 7) is 1.13. The Bertz CT molecular complexity index is 315. The molecule has 0 saturated heterocycles. The molecule has 0 amide bonds. The van der Waals surface area contributed by atoms with E-state index < -0.39 is 0 Å². The smallest absolute Gasteiger partial charge is 0.0106 e. The highest BCUT2D eigenvalue weighted by Gasteiger charge is 2.22. The van der Waals surface area contributed by atoms with Gasteiger partial charge in [0.2, 0.25) is 0 Å². The van der Waals surface area contributed by atoms with Crippen LogP contribution in [0.5, 0.6) is 0 Å². The molecular formula is C14H21NS2. The zero-order valence-corrected chi connectivity index (χ0v) is 12.0. The molecule has 0 spiro atoms. The Morgan fingerprint density at radius 3 is 2.76 bits per heavy atom. The summed E-state index contributed by atoms with van der Waals surface area (Å²) in [6.07, 6.45) is 6.35. The zero-order chi connectivity index (χ0) is 11.9. The van der Waals surface area contributed by atoms with Crippen LogP contribution in [0.1, 0.15) is 19.3 Å². The third kappa shape index (κ3) is 4.57. The normalized spacial score (nSPS) is 24.1. The van der Waals surface area contributed by atoms with Gasteiger partial charge in [-0.1, -0.05) is 18.2 Å². The van der Waals surface area contributed by atoms with Gasteiger partial charge in [-0.2, -0.15) is 11.8 Å². The van der Waals surface area contributed by atoms with E-state index in [1.165, 1.54) is 29.9 Å². The first-order valence-electron chi connectivity index (χ1n) is 6.32. The third-order valence-electron chi connectivity index (χ3n) is 3.26. The Kier molecular flexibility index (Phi) is 5.75. The van der Waals surface area contributed by atoms with Gasteiger partial charge in [0.25, 0.3) is 0 Å². The van der Waals surface area contributed by atoms with Crippen LogP contribution in [0.3, 0.4) is 0 Å². The molecule has 2 atom stereocenters. The van der Waals surface area contributed by atoms with E-state index in [0.717, 1.165) is 17.8 Å². The minimum Gasteiger partial charge on any atom is -0.313 e. The van der Waals surface area contributed by atoms with Gasteiger partial charge in [0.1, 0.15) is 0 Å². The average Bonchev–Trinajstić information content (AvgIpc) is 2.84. The SMILES string of the molecule is CSC1CCC(NCCSc2ccccc2)C1. The van der Waals surface area contributed by atoms with E-state index in [-0.39, 0.29) is 0 Å². The monoisotopic (exact) mass is 267 g/mol. The summed E-state index contributed by atoms with van der Waals surface area (Å²) in [6, 6.07) is 11.4. The summed E-state index contributed by atoms with van der Waals surface area (Å²) in [4.78, 5) is 1.38. The van der Waals surface area contributed by atoms with Crippen molar-refractivity contribution >= 4 is 23.5 Å². The van der Waals surface area contributed by atoms with Crippen molar-refractivity contribution in [2.45, 2.75) is 35.4 Å². The molecule has 17 heavy (non-hydrogen) atoms. The summed E-state index contributed by atoms with van der Waals surface area (Å²) in [5.41, 5.74) is 0. The predicted octanol–water partition coefficient (Wildman–Crippen LogP) is 3.65. The lowest BCUT2D eigenvalue weighted by molar-refractivity contribution is 0.546. The molecule has 1 aromatic rings. The summed E-state index contributed by atoms with van der Waals surface area (Å²) in [5.74, 6) is 1.17. The highest BCUT2D eigenvalue weighted by molar-refractivity contribution is 7.99. The number of hydrogen-bond donors (Lipinski definition) is 1. The van der Waals surface area contributed by atoms with Crippen molar-refractivity contribution in [2.75, 3.05) is 18.6 Å². The summed E-state index contributed by atoms with van der Waals surface area (Å²) < 4.78 is 0. The fourth-order valence-electron chi connectivity index (χ4n) is 2.29. The molecule has 0 aromatic heterocycles. The maximum atomic E-state index is 3.68. The van der Waals surface area contributed by atoms with Crippen LogP contribution in [0, 0.1) is 0 Å². The average molecular weight is 267 g/mol. The molecule has 0 bridgehead atoms. The number of rotatable bonds is 6. The van der Waals surface area contributed by atoms with Crippen molar-refractivity contribution in [3.05, 3.63) is 30.3 Å². The lowest BCUT2D eigenvalue weighted by Gasteiger charge is -2.12. The van der Waals surface area contributed by atoms with Gasteiger partial charge in [0.05, 0.1) is 0 Å². The van der Waals surface area contributed by atoms with Crippen molar-refractivity contribution < 1.29 is 0 Å². The quantitative estimate of drug-likeness (QED) is 0.624. The van der Waals surface area contributed by atoms with E-state index >= 15 is 0 Å². The summed E-state index contributed by atoms with van der Waals surface area (Å²) in [5, 5.41) is 4.58. The first kappa shape index (κ1) is 13.3. The molecular weight excluding hydrogens is 246 g/mol. The number of nitrogens with one attached hydrogen (secondary N) is 1. The molecule has 1 N–H and O–H groups in total. The Morgan fingerprint density at radius 2 is 2.06 bits per heavy atom.